The number of carbonyl (C=O) groups is 1. The number of fused-ring (bicyclic) bond motifs is 1. The summed E-state index contributed by atoms with van der Waals surface area (Å²) < 4.78 is 5.07. The van der Waals surface area contributed by atoms with Crippen LogP contribution in [0.3, 0.4) is 0 Å². The number of hydrazone groups is 1. The first kappa shape index (κ1) is 15.3. The molecule has 8 nitrogen and oxygen atoms in total. The minimum atomic E-state index is -0.330. The van der Waals surface area contributed by atoms with Crippen molar-refractivity contribution in [1.29, 1.82) is 0 Å². The number of phenolic OH excluding ortho intramolecular Hbond substituents is 1. The molecule has 0 spiro atoms. The number of para-hydroxylation sites is 1. The van der Waals surface area contributed by atoms with Gasteiger partial charge in [-0.15, -0.1) is 0 Å². The summed E-state index contributed by atoms with van der Waals surface area (Å²) in [6.45, 7) is 0. The normalized spacial score (nSPS) is 23.7. The van der Waals surface area contributed by atoms with Gasteiger partial charge >= 0.3 is 6.03 Å². The van der Waals surface area contributed by atoms with Crippen molar-refractivity contribution in [2.45, 2.75) is 12.3 Å². The number of nitrogens with zero attached hydrogens (tertiary/aromatic N) is 4. The number of benzene rings is 1. The number of ether oxygens (including phenoxy) is 1. The predicted octanol–water partition coefficient (Wildman–Crippen LogP) is 0.574. The molecular weight excluding hydrogens is 318 g/mol. The van der Waals surface area contributed by atoms with Crippen LogP contribution < -0.4 is 10.1 Å². The summed E-state index contributed by atoms with van der Waals surface area (Å²) in [5.74, 6) is 0.364. The number of carbonyl (C=O) groups excluding carboxylic acids is 1. The third-order valence-corrected chi connectivity index (χ3v) is 4.31. The Bertz CT molecular complexity index is 695. The van der Waals surface area contributed by atoms with E-state index in [1.165, 1.54) is 13.3 Å². The highest BCUT2D eigenvalue weighted by molar-refractivity contribution is 7.80. The van der Waals surface area contributed by atoms with Crippen LogP contribution in [0.4, 0.5) is 4.79 Å². The number of hydrogen-bond acceptors (Lipinski definition) is 5. The molecule has 122 valence electrons. The van der Waals surface area contributed by atoms with Gasteiger partial charge in [0, 0.05) is 19.7 Å². The maximum absolute atomic E-state index is 12.0. The molecule has 2 amide bonds. The average molecular weight is 335 g/mol. The maximum Gasteiger partial charge on any atom is 0.323 e. The predicted molar refractivity (Wildman–Crippen MR) is 88.3 cm³/mol. The second-order valence-electron chi connectivity index (χ2n) is 5.30. The number of thiocarbonyl (C=S) groups is 1. The lowest BCUT2D eigenvalue weighted by atomic mass is 10.2. The molecule has 23 heavy (non-hydrogen) atoms. The third-order valence-electron chi connectivity index (χ3n) is 4.00. The van der Waals surface area contributed by atoms with E-state index in [1.807, 2.05) is 0 Å². The Labute approximate surface area is 138 Å². The van der Waals surface area contributed by atoms with E-state index in [2.05, 4.69) is 10.4 Å². The van der Waals surface area contributed by atoms with Gasteiger partial charge in [0.25, 0.3) is 0 Å². The summed E-state index contributed by atoms with van der Waals surface area (Å²) in [4.78, 5) is 15.2. The Morgan fingerprint density at radius 3 is 2.83 bits per heavy atom. The molecule has 2 N–H and O–H groups in total. The molecule has 0 bridgehead atoms. The largest absolute Gasteiger partial charge is 0.504 e. The summed E-state index contributed by atoms with van der Waals surface area (Å²) in [5, 5.41) is 19.5. The van der Waals surface area contributed by atoms with Crippen molar-refractivity contribution in [3.8, 4) is 11.5 Å². The SMILES string of the molecule is COc1cccc(/C=N/N2C(=S)NC3C2N(C)C(=O)N3C)c1O. The van der Waals surface area contributed by atoms with Gasteiger partial charge < -0.3 is 25.0 Å². The topological polar surface area (TPSA) is 80.6 Å². The molecule has 2 saturated heterocycles. The van der Waals surface area contributed by atoms with Crippen LogP contribution in [0.25, 0.3) is 0 Å². The highest BCUT2D eigenvalue weighted by Gasteiger charge is 2.51. The van der Waals surface area contributed by atoms with Crippen LogP contribution in [0.5, 0.6) is 11.5 Å². The van der Waals surface area contributed by atoms with Crippen LogP contribution in [0.1, 0.15) is 5.56 Å². The molecule has 1 aromatic carbocycles. The van der Waals surface area contributed by atoms with Crippen molar-refractivity contribution in [1.82, 2.24) is 20.1 Å². The molecule has 2 heterocycles. The summed E-state index contributed by atoms with van der Waals surface area (Å²) in [5.41, 5.74) is 0.496. The Morgan fingerprint density at radius 2 is 2.13 bits per heavy atom. The fourth-order valence-electron chi connectivity index (χ4n) is 2.73. The van der Waals surface area contributed by atoms with Crippen molar-refractivity contribution in [2.75, 3.05) is 21.2 Å². The molecule has 9 heteroatoms. The smallest absolute Gasteiger partial charge is 0.323 e. The molecule has 0 aliphatic carbocycles. The van der Waals surface area contributed by atoms with Gasteiger partial charge in [-0.3, -0.25) is 0 Å². The Morgan fingerprint density at radius 1 is 1.39 bits per heavy atom. The number of hydrogen-bond donors (Lipinski definition) is 2. The quantitative estimate of drug-likeness (QED) is 0.621. The number of amides is 2. The molecule has 2 atom stereocenters. The molecule has 2 fully saturated rings. The molecule has 1 aromatic rings. The molecule has 0 aromatic heterocycles. The van der Waals surface area contributed by atoms with Crippen LogP contribution in [-0.2, 0) is 0 Å². The zero-order valence-corrected chi connectivity index (χ0v) is 13.7. The molecule has 0 saturated carbocycles. The Balaban J connectivity index is 1.88. The minimum absolute atomic E-state index is 0.00125. The molecule has 2 unspecified atom stereocenters. The van der Waals surface area contributed by atoms with E-state index in [4.69, 9.17) is 17.0 Å². The number of urea groups is 1. The van der Waals surface area contributed by atoms with Crippen LogP contribution in [-0.4, -0.2) is 70.8 Å². The van der Waals surface area contributed by atoms with Crippen LogP contribution in [0, 0.1) is 0 Å². The fraction of sp³-hybridized carbons (Fsp3) is 0.357. The van der Waals surface area contributed by atoms with Crippen molar-refractivity contribution < 1.29 is 14.6 Å². The summed E-state index contributed by atoms with van der Waals surface area (Å²) >= 11 is 5.29. The van der Waals surface area contributed by atoms with Gasteiger partial charge in [0.05, 0.1) is 13.3 Å². The van der Waals surface area contributed by atoms with Crippen LogP contribution in [0.15, 0.2) is 23.3 Å². The minimum Gasteiger partial charge on any atom is -0.504 e. The zero-order valence-electron chi connectivity index (χ0n) is 12.9. The first-order valence-electron chi connectivity index (χ1n) is 6.95. The Hall–Kier alpha value is -2.55. The lowest BCUT2D eigenvalue weighted by Gasteiger charge is -2.23. The first-order valence-corrected chi connectivity index (χ1v) is 7.36. The second kappa shape index (κ2) is 5.58. The number of nitrogens with one attached hydrogen (secondary N) is 1. The lowest BCUT2D eigenvalue weighted by Crippen LogP contribution is -2.41. The van der Waals surface area contributed by atoms with Crippen molar-refractivity contribution in [3.63, 3.8) is 0 Å². The van der Waals surface area contributed by atoms with Crippen LogP contribution >= 0.6 is 12.2 Å². The Kier molecular flexibility index (Phi) is 3.72. The highest BCUT2D eigenvalue weighted by Crippen LogP contribution is 2.29. The van der Waals surface area contributed by atoms with Crippen molar-refractivity contribution in [3.05, 3.63) is 23.8 Å². The highest BCUT2D eigenvalue weighted by atomic mass is 32.1. The monoisotopic (exact) mass is 335 g/mol. The van der Waals surface area contributed by atoms with E-state index >= 15 is 0 Å². The van der Waals surface area contributed by atoms with E-state index < -0.39 is 0 Å². The van der Waals surface area contributed by atoms with Gasteiger partial charge in [0.15, 0.2) is 22.8 Å². The number of phenols is 1. The van der Waals surface area contributed by atoms with E-state index in [0.717, 1.165) is 0 Å². The standard InChI is InChI=1S/C14H17N5O3S/c1-17-11-12(18(2)14(17)21)19(13(23)16-11)15-7-8-5-4-6-9(22-3)10(8)20/h4-7,11-12,20H,1-3H3,(H,16,23)/b15-7+. The van der Waals surface area contributed by atoms with Gasteiger partial charge in [0.1, 0.15) is 6.17 Å². The summed E-state index contributed by atoms with van der Waals surface area (Å²) in [6.07, 6.45) is 0.908. The third kappa shape index (κ3) is 2.33. The van der Waals surface area contributed by atoms with Gasteiger partial charge in [-0.05, 0) is 24.4 Å². The molecule has 2 aliphatic heterocycles. The molecule has 0 radical (unpaired) electrons. The van der Waals surface area contributed by atoms with Crippen molar-refractivity contribution >= 4 is 29.6 Å². The number of likely N-dealkylation sites (N-methyl/N-ethyl adjacent to an activating group) is 2. The molecule has 2 aliphatic rings. The first-order chi connectivity index (χ1) is 11.0. The maximum atomic E-state index is 12.0. The molecular formula is C14H17N5O3S. The van der Waals surface area contributed by atoms with E-state index in [9.17, 15) is 9.90 Å². The zero-order chi connectivity index (χ0) is 16.7. The van der Waals surface area contributed by atoms with E-state index in [1.54, 1.807) is 47.1 Å². The second-order valence-corrected chi connectivity index (χ2v) is 5.69. The lowest BCUT2D eigenvalue weighted by molar-refractivity contribution is 0.174. The summed E-state index contributed by atoms with van der Waals surface area (Å²) in [6, 6.07) is 5.01. The van der Waals surface area contributed by atoms with Gasteiger partial charge in [0.2, 0.25) is 0 Å². The van der Waals surface area contributed by atoms with E-state index in [-0.39, 0.29) is 24.1 Å². The average Bonchev–Trinajstić information content (AvgIpc) is 2.97. The van der Waals surface area contributed by atoms with Crippen molar-refractivity contribution in [2.24, 2.45) is 5.10 Å². The molecule has 3 rings (SSSR count). The number of rotatable bonds is 3. The number of aromatic hydroxyl groups is 1. The van der Waals surface area contributed by atoms with Gasteiger partial charge in [-0.1, -0.05) is 6.07 Å². The fourth-order valence-corrected chi connectivity index (χ4v) is 3.00. The van der Waals surface area contributed by atoms with Gasteiger partial charge in [-0.2, -0.15) is 5.10 Å². The van der Waals surface area contributed by atoms with Gasteiger partial charge in [-0.25, -0.2) is 9.80 Å². The van der Waals surface area contributed by atoms with E-state index in [0.29, 0.717) is 16.4 Å². The number of methoxy groups -OCH3 is 1. The van der Waals surface area contributed by atoms with Crippen LogP contribution in [0.2, 0.25) is 0 Å². The summed E-state index contributed by atoms with van der Waals surface area (Å²) in [7, 11) is 4.89.